The van der Waals surface area contributed by atoms with Crippen LogP contribution in [0.4, 0.5) is 0 Å². The SMILES string of the molecule is Cc1cc(CN2CCN[C@H](C)C2)ccc1Br.Cl. The first-order valence-electron chi connectivity index (χ1n) is 5.86. The van der Waals surface area contributed by atoms with Crippen molar-refractivity contribution in [1.29, 1.82) is 0 Å². The summed E-state index contributed by atoms with van der Waals surface area (Å²) in [6, 6.07) is 7.25. The second-order valence-corrected chi connectivity index (χ2v) is 5.53. The minimum atomic E-state index is 0. The maximum atomic E-state index is 3.54. The predicted molar refractivity (Wildman–Crippen MR) is 78.9 cm³/mol. The average molecular weight is 320 g/mol. The first kappa shape index (κ1) is 15.0. The van der Waals surface area contributed by atoms with E-state index in [9.17, 15) is 0 Å². The molecule has 0 aromatic heterocycles. The van der Waals surface area contributed by atoms with Crippen molar-refractivity contribution in [2.45, 2.75) is 26.4 Å². The molecule has 2 nitrogen and oxygen atoms in total. The Bertz CT molecular complexity index is 370. The van der Waals surface area contributed by atoms with Crippen LogP contribution in [0.15, 0.2) is 22.7 Å². The van der Waals surface area contributed by atoms with Gasteiger partial charge in [0.2, 0.25) is 0 Å². The van der Waals surface area contributed by atoms with Gasteiger partial charge in [-0.3, -0.25) is 4.90 Å². The fourth-order valence-corrected chi connectivity index (χ4v) is 2.47. The number of nitrogens with one attached hydrogen (secondary N) is 1. The molecular weight excluding hydrogens is 300 g/mol. The summed E-state index contributed by atoms with van der Waals surface area (Å²) in [6.45, 7) is 8.87. The lowest BCUT2D eigenvalue weighted by Gasteiger charge is -2.31. The van der Waals surface area contributed by atoms with Crippen LogP contribution in [0.5, 0.6) is 0 Å². The van der Waals surface area contributed by atoms with Crippen LogP contribution in [0.1, 0.15) is 18.1 Å². The zero-order valence-corrected chi connectivity index (χ0v) is 12.8. The van der Waals surface area contributed by atoms with Gasteiger partial charge in [0.15, 0.2) is 0 Å². The van der Waals surface area contributed by atoms with Crippen LogP contribution in [0.25, 0.3) is 0 Å². The zero-order chi connectivity index (χ0) is 11.5. The lowest BCUT2D eigenvalue weighted by Crippen LogP contribution is -2.48. The summed E-state index contributed by atoms with van der Waals surface area (Å²) in [5, 5.41) is 3.47. The molecule has 0 saturated carbocycles. The van der Waals surface area contributed by atoms with Gasteiger partial charge in [0, 0.05) is 36.7 Å². The van der Waals surface area contributed by atoms with Crippen molar-refractivity contribution in [3.05, 3.63) is 33.8 Å². The van der Waals surface area contributed by atoms with Gasteiger partial charge >= 0.3 is 0 Å². The molecule has 1 fully saturated rings. The topological polar surface area (TPSA) is 15.3 Å². The van der Waals surface area contributed by atoms with Crippen LogP contribution in [0, 0.1) is 6.92 Å². The van der Waals surface area contributed by atoms with E-state index in [0.29, 0.717) is 6.04 Å². The van der Waals surface area contributed by atoms with E-state index in [-0.39, 0.29) is 12.4 Å². The van der Waals surface area contributed by atoms with Crippen LogP contribution in [0.2, 0.25) is 0 Å². The molecule has 96 valence electrons. The van der Waals surface area contributed by atoms with Gasteiger partial charge in [0.25, 0.3) is 0 Å². The number of rotatable bonds is 2. The Kier molecular flexibility index (Phi) is 5.93. The van der Waals surface area contributed by atoms with Crippen molar-refractivity contribution in [2.75, 3.05) is 19.6 Å². The Labute approximate surface area is 118 Å². The van der Waals surface area contributed by atoms with E-state index in [4.69, 9.17) is 0 Å². The lowest BCUT2D eigenvalue weighted by molar-refractivity contribution is 0.199. The van der Waals surface area contributed by atoms with E-state index in [2.05, 4.69) is 58.2 Å². The third-order valence-electron chi connectivity index (χ3n) is 3.08. The number of benzene rings is 1. The molecule has 1 heterocycles. The third kappa shape index (κ3) is 4.25. The van der Waals surface area contributed by atoms with Crippen LogP contribution in [-0.2, 0) is 6.54 Å². The Balaban J connectivity index is 0.00000144. The maximum absolute atomic E-state index is 3.54. The number of piperazine rings is 1. The molecule has 0 spiro atoms. The highest BCUT2D eigenvalue weighted by Crippen LogP contribution is 2.18. The highest BCUT2D eigenvalue weighted by Gasteiger charge is 2.15. The average Bonchev–Trinajstić information content (AvgIpc) is 2.24. The molecule has 1 aromatic carbocycles. The van der Waals surface area contributed by atoms with Gasteiger partial charge in [-0.1, -0.05) is 28.1 Å². The molecule has 0 bridgehead atoms. The van der Waals surface area contributed by atoms with Crippen LogP contribution >= 0.6 is 28.3 Å². The van der Waals surface area contributed by atoms with Crippen molar-refractivity contribution < 1.29 is 0 Å². The molecule has 4 heteroatoms. The van der Waals surface area contributed by atoms with Gasteiger partial charge in [-0.2, -0.15) is 0 Å². The fraction of sp³-hybridized carbons (Fsp3) is 0.538. The Morgan fingerprint density at radius 2 is 2.24 bits per heavy atom. The third-order valence-corrected chi connectivity index (χ3v) is 3.97. The highest BCUT2D eigenvalue weighted by molar-refractivity contribution is 9.10. The zero-order valence-electron chi connectivity index (χ0n) is 10.4. The molecule has 1 aromatic rings. The van der Waals surface area contributed by atoms with Crippen LogP contribution < -0.4 is 5.32 Å². The smallest absolute Gasteiger partial charge is 0.0235 e. The molecule has 1 aliphatic rings. The number of aryl methyl sites for hydroxylation is 1. The number of hydrogen-bond donors (Lipinski definition) is 1. The van der Waals surface area contributed by atoms with Gasteiger partial charge < -0.3 is 5.32 Å². The molecule has 1 saturated heterocycles. The summed E-state index contributed by atoms with van der Waals surface area (Å²) in [5.74, 6) is 0. The summed E-state index contributed by atoms with van der Waals surface area (Å²) in [4.78, 5) is 2.52. The van der Waals surface area contributed by atoms with Gasteiger partial charge in [-0.15, -0.1) is 12.4 Å². The fourth-order valence-electron chi connectivity index (χ4n) is 2.22. The van der Waals surface area contributed by atoms with Gasteiger partial charge in [-0.05, 0) is 31.0 Å². The summed E-state index contributed by atoms with van der Waals surface area (Å²) < 4.78 is 1.20. The molecule has 0 radical (unpaired) electrons. The molecule has 1 atom stereocenters. The van der Waals surface area contributed by atoms with E-state index in [1.165, 1.54) is 15.6 Å². The van der Waals surface area contributed by atoms with Crippen molar-refractivity contribution in [1.82, 2.24) is 10.2 Å². The minimum Gasteiger partial charge on any atom is -0.312 e. The highest BCUT2D eigenvalue weighted by atomic mass is 79.9. The van der Waals surface area contributed by atoms with E-state index >= 15 is 0 Å². The van der Waals surface area contributed by atoms with Crippen molar-refractivity contribution in [3.8, 4) is 0 Å². The number of nitrogens with zero attached hydrogens (tertiary/aromatic N) is 1. The molecule has 0 aliphatic carbocycles. The quantitative estimate of drug-likeness (QED) is 0.901. The van der Waals surface area contributed by atoms with E-state index < -0.39 is 0 Å². The lowest BCUT2D eigenvalue weighted by atomic mass is 10.1. The Hall–Kier alpha value is -0.0900. The van der Waals surface area contributed by atoms with Crippen molar-refractivity contribution in [2.24, 2.45) is 0 Å². The number of hydrogen-bond acceptors (Lipinski definition) is 2. The van der Waals surface area contributed by atoms with Crippen molar-refractivity contribution in [3.63, 3.8) is 0 Å². The first-order valence-corrected chi connectivity index (χ1v) is 6.65. The second kappa shape index (κ2) is 6.74. The second-order valence-electron chi connectivity index (χ2n) is 4.67. The Morgan fingerprint density at radius 1 is 1.47 bits per heavy atom. The molecule has 0 amide bonds. The molecule has 1 N–H and O–H groups in total. The summed E-state index contributed by atoms with van der Waals surface area (Å²) in [6.07, 6.45) is 0. The van der Waals surface area contributed by atoms with Gasteiger partial charge in [-0.25, -0.2) is 0 Å². The summed E-state index contributed by atoms with van der Waals surface area (Å²) in [5.41, 5.74) is 2.73. The monoisotopic (exact) mass is 318 g/mol. The Morgan fingerprint density at radius 3 is 2.88 bits per heavy atom. The maximum Gasteiger partial charge on any atom is 0.0235 e. The predicted octanol–water partition coefficient (Wildman–Crippen LogP) is 2.97. The molecular formula is C13H20BrClN2. The van der Waals surface area contributed by atoms with E-state index in [1.807, 2.05) is 0 Å². The molecule has 2 rings (SSSR count). The largest absolute Gasteiger partial charge is 0.312 e. The normalized spacial score (nSPS) is 21.0. The summed E-state index contributed by atoms with van der Waals surface area (Å²) in [7, 11) is 0. The van der Waals surface area contributed by atoms with Crippen LogP contribution in [0.3, 0.4) is 0 Å². The molecule has 1 aliphatic heterocycles. The summed E-state index contributed by atoms with van der Waals surface area (Å²) >= 11 is 3.54. The standard InChI is InChI=1S/C13H19BrN2.ClH/c1-10-7-12(3-4-13(10)14)9-16-6-5-15-11(2)8-16;/h3-4,7,11,15H,5-6,8-9H2,1-2H3;1H/t11-;/m1./s1. The van der Waals surface area contributed by atoms with E-state index in [0.717, 1.165) is 26.2 Å². The first-order chi connectivity index (χ1) is 7.65. The van der Waals surface area contributed by atoms with E-state index in [1.54, 1.807) is 0 Å². The minimum absolute atomic E-state index is 0. The van der Waals surface area contributed by atoms with Crippen molar-refractivity contribution >= 4 is 28.3 Å². The molecule has 17 heavy (non-hydrogen) atoms. The molecule has 0 unspecified atom stereocenters. The van der Waals surface area contributed by atoms with Gasteiger partial charge in [0.05, 0.1) is 0 Å². The van der Waals surface area contributed by atoms with Crippen LogP contribution in [-0.4, -0.2) is 30.6 Å². The number of halogens is 2. The van der Waals surface area contributed by atoms with Gasteiger partial charge in [0.1, 0.15) is 0 Å².